The van der Waals surface area contributed by atoms with Crippen LogP contribution in [0, 0.1) is 0 Å². The quantitative estimate of drug-likeness (QED) is 0.441. The second-order valence-corrected chi connectivity index (χ2v) is 7.83. The van der Waals surface area contributed by atoms with Gasteiger partial charge in [-0.3, -0.25) is 4.98 Å². The normalized spacial score (nSPS) is 14.3. The first kappa shape index (κ1) is 20.2. The summed E-state index contributed by atoms with van der Waals surface area (Å²) in [6, 6.07) is 18.8. The molecule has 1 fully saturated rings. The lowest BCUT2D eigenvalue weighted by molar-refractivity contribution is 0.201. The lowest BCUT2D eigenvalue weighted by atomic mass is 10.0. The third-order valence-corrected chi connectivity index (χ3v) is 5.71. The Labute approximate surface area is 179 Å². The number of methoxy groups -OCH3 is 1. The van der Waals surface area contributed by atoms with Gasteiger partial charge in [0.05, 0.1) is 13.2 Å². The van der Waals surface area contributed by atoms with Crippen molar-refractivity contribution in [3.63, 3.8) is 0 Å². The Hall–Kier alpha value is -3.07. The summed E-state index contributed by atoms with van der Waals surface area (Å²) in [5.74, 6) is 1.64. The number of aryl methyl sites for hydroxylation is 2. The highest BCUT2D eigenvalue weighted by Gasteiger charge is 2.18. The maximum Gasteiger partial charge on any atom is 0.162 e. The Kier molecular flexibility index (Phi) is 6.81. The number of hydrogen-bond donors (Lipinski definition) is 0. The second-order valence-electron chi connectivity index (χ2n) is 7.83. The summed E-state index contributed by atoms with van der Waals surface area (Å²) in [7, 11) is 1.70. The first-order chi connectivity index (χ1) is 14.8. The highest BCUT2D eigenvalue weighted by atomic mass is 16.5. The Bertz CT molecular complexity index is 975. The maximum absolute atomic E-state index is 6.23. The molecule has 1 aromatic heterocycles. The van der Waals surface area contributed by atoms with E-state index in [1.807, 2.05) is 18.5 Å². The zero-order chi connectivity index (χ0) is 20.6. The maximum atomic E-state index is 6.23. The van der Waals surface area contributed by atoms with Crippen LogP contribution in [0.1, 0.15) is 47.9 Å². The Morgan fingerprint density at radius 2 is 1.77 bits per heavy atom. The van der Waals surface area contributed by atoms with Gasteiger partial charge in [0.1, 0.15) is 0 Å². The summed E-state index contributed by atoms with van der Waals surface area (Å²) < 4.78 is 11.7. The minimum absolute atomic E-state index is 0.308. The molecular formula is C27H29NO2. The number of aromatic nitrogens is 1. The van der Waals surface area contributed by atoms with E-state index in [2.05, 4.69) is 65.7 Å². The third-order valence-electron chi connectivity index (χ3n) is 5.71. The molecule has 154 valence electrons. The SMILES string of the molecule is COc1ccc(/C=C\c2ccncc2CCc2ccccc2)cc1OC1CCCC1. The summed E-state index contributed by atoms with van der Waals surface area (Å²) in [6.45, 7) is 0. The lowest BCUT2D eigenvalue weighted by Gasteiger charge is -2.16. The molecule has 1 heterocycles. The summed E-state index contributed by atoms with van der Waals surface area (Å²) in [6.07, 6.45) is 15.2. The van der Waals surface area contributed by atoms with Gasteiger partial charge in [0.15, 0.2) is 11.5 Å². The lowest BCUT2D eigenvalue weighted by Crippen LogP contribution is -2.11. The summed E-state index contributed by atoms with van der Waals surface area (Å²) in [5, 5.41) is 0. The summed E-state index contributed by atoms with van der Waals surface area (Å²) in [5.41, 5.74) is 4.92. The van der Waals surface area contributed by atoms with Crippen molar-refractivity contribution >= 4 is 12.2 Å². The van der Waals surface area contributed by atoms with Crippen molar-refractivity contribution in [2.24, 2.45) is 0 Å². The van der Waals surface area contributed by atoms with Gasteiger partial charge < -0.3 is 9.47 Å². The molecule has 4 rings (SSSR count). The molecule has 1 aliphatic rings. The van der Waals surface area contributed by atoms with Gasteiger partial charge in [-0.2, -0.15) is 0 Å². The molecule has 1 saturated carbocycles. The van der Waals surface area contributed by atoms with Gasteiger partial charge in [-0.05, 0) is 79.0 Å². The second kappa shape index (κ2) is 10.1. The van der Waals surface area contributed by atoms with E-state index < -0.39 is 0 Å². The number of pyridine rings is 1. The van der Waals surface area contributed by atoms with Crippen LogP contribution in [0.25, 0.3) is 12.2 Å². The van der Waals surface area contributed by atoms with E-state index in [1.165, 1.54) is 29.5 Å². The Morgan fingerprint density at radius 3 is 2.57 bits per heavy atom. The molecule has 0 atom stereocenters. The number of nitrogens with zero attached hydrogens (tertiary/aromatic N) is 1. The number of benzene rings is 2. The minimum atomic E-state index is 0.308. The van der Waals surface area contributed by atoms with Gasteiger partial charge >= 0.3 is 0 Å². The van der Waals surface area contributed by atoms with Gasteiger partial charge in [-0.25, -0.2) is 0 Å². The zero-order valence-electron chi connectivity index (χ0n) is 17.6. The van der Waals surface area contributed by atoms with E-state index in [9.17, 15) is 0 Å². The molecule has 3 nitrogen and oxygen atoms in total. The van der Waals surface area contributed by atoms with Gasteiger partial charge in [0.25, 0.3) is 0 Å². The number of rotatable bonds is 8. The van der Waals surface area contributed by atoms with Gasteiger partial charge in [-0.15, -0.1) is 0 Å². The molecule has 0 N–H and O–H groups in total. The van der Waals surface area contributed by atoms with E-state index in [0.29, 0.717) is 6.10 Å². The molecule has 0 saturated heterocycles. The highest BCUT2D eigenvalue weighted by Crippen LogP contribution is 2.33. The molecule has 1 aliphatic carbocycles. The number of ether oxygens (including phenoxy) is 2. The van der Waals surface area contributed by atoms with Crippen LogP contribution in [0.15, 0.2) is 67.0 Å². The Morgan fingerprint density at radius 1 is 0.933 bits per heavy atom. The van der Waals surface area contributed by atoms with Crippen molar-refractivity contribution < 1.29 is 9.47 Å². The van der Waals surface area contributed by atoms with Gasteiger partial charge in [0.2, 0.25) is 0 Å². The Balaban J connectivity index is 1.49. The number of hydrogen-bond acceptors (Lipinski definition) is 3. The minimum Gasteiger partial charge on any atom is -0.493 e. The topological polar surface area (TPSA) is 31.4 Å². The first-order valence-corrected chi connectivity index (χ1v) is 10.8. The van der Waals surface area contributed by atoms with Crippen molar-refractivity contribution in [1.29, 1.82) is 0 Å². The third kappa shape index (κ3) is 5.29. The van der Waals surface area contributed by atoms with E-state index in [4.69, 9.17) is 9.47 Å². The van der Waals surface area contributed by atoms with E-state index in [0.717, 1.165) is 42.7 Å². The predicted octanol–water partition coefficient (Wildman–Crippen LogP) is 6.37. The van der Waals surface area contributed by atoms with E-state index in [-0.39, 0.29) is 0 Å². The molecule has 0 bridgehead atoms. The van der Waals surface area contributed by atoms with Crippen LogP contribution >= 0.6 is 0 Å². The van der Waals surface area contributed by atoms with Crippen molar-refractivity contribution in [2.45, 2.75) is 44.6 Å². The molecule has 2 aromatic carbocycles. The monoisotopic (exact) mass is 399 g/mol. The van der Waals surface area contributed by atoms with Crippen LogP contribution < -0.4 is 9.47 Å². The van der Waals surface area contributed by atoms with Crippen LogP contribution in [0.2, 0.25) is 0 Å². The van der Waals surface area contributed by atoms with E-state index in [1.54, 1.807) is 7.11 Å². The fourth-order valence-corrected chi connectivity index (χ4v) is 3.99. The van der Waals surface area contributed by atoms with E-state index >= 15 is 0 Å². The van der Waals surface area contributed by atoms with Gasteiger partial charge in [0, 0.05) is 12.4 Å². The molecule has 3 aromatic rings. The first-order valence-electron chi connectivity index (χ1n) is 10.8. The van der Waals surface area contributed by atoms with Crippen LogP contribution in [0.3, 0.4) is 0 Å². The molecule has 3 heteroatoms. The standard InChI is InChI=1S/C27H29NO2/c1-29-26-16-13-22(19-27(26)30-25-9-5-6-10-25)12-14-23-17-18-28-20-24(23)15-11-21-7-3-2-4-8-21/h2-4,7-8,12-14,16-20,25H,5-6,9-11,15H2,1H3/b14-12-. The average Bonchev–Trinajstić information content (AvgIpc) is 3.31. The molecule has 0 radical (unpaired) electrons. The van der Waals surface area contributed by atoms with Crippen molar-refractivity contribution in [3.8, 4) is 11.5 Å². The summed E-state index contributed by atoms with van der Waals surface area (Å²) >= 11 is 0. The van der Waals surface area contributed by atoms with Crippen LogP contribution in [0.5, 0.6) is 11.5 Å². The zero-order valence-corrected chi connectivity index (χ0v) is 17.6. The fraction of sp³-hybridized carbons (Fsp3) is 0.296. The molecule has 0 amide bonds. The summed E-state index contributed by atoms with van der Waals surface area (Å²) in [4.78, 5) is 4.34. The smallest absolute Gasteiger partial charge is 0.162 e. The largest absolute Gasteiger partial charge is 0.493 e. The van der Waals surface area contributed by atoms with Gasteiger partial charge in [-0.1, -0.05) is 48.6 Å². The van der Waals surface area contributed by atoms with Crippen molar-refractivity contribution in [2.75, 3.05) is 7.11 Å². The fourth-order valence-electron chi connectivity index (χ4n) is 3.99. The van der Waals surface area contributed by atoms with Crippen LogP contribution in [-0.4, -0.2) is 18.2 Å². The highest BCUT2D eigenvalue weighted by molar-refractivity contribution is 5.72. The average molecular weight is 400 g/mol. The molecular weight excluding hydrogens is 370 g/mol. The van der Waals surface area contributed by atoms with Crippen LogP contribution in [-0.2, 0) is 12.8 Å². The molecule has 0 spiro atoms. The molecule has 0 aliphatic heterocycles. The molecule has 0 unspecified atom stereocenters. The predicted molar refractivity (Wildman–Crippen MR) is 123 cm³/mol. The van der Waals surface area contributed by atoms with Crippen LogP contribution in [0.4, 0.5) is 0 Å². The molecule has 30 heavy (non-hydrogen) atoms. The van der Waals surface area contributed by atoms with Crippen molar-refractivity contribution in [1.82, 2.24) is 4.98 Å². The van der Waals surface area contributed by atoms with Crippen molar-refractivity contribution in [3.05, 3.63) is 89.2 Å².